The molecule has 1 aromatic heterocycles. The lowest BCUT2D eigenvalue weighted by Gasteiger charge is -2.05. The Morgan fingerprint density at radius 1 is 1.29 bits per heavy atom. The molecule has 1 rings (SSSR count). The van der Waals surface area contributed by atoms with Crippen molar-refractivity contribution in [2.24, 2.45) is 0 Å². The van der Waals surface area contributed by atoms with E-state index in [-0.39, 0.29) is 0 Å². The molecule has 0 saturated heterocycles. The number of alkyl halides is 1. The molecule has 4 nitrogen and oxygen atoms in total. The summed E-state index contributed by atoms with van der Waals surface area (Å²) in [7, 11) is 0. The van der Waals surface area contributed by atoms with Gasteiger partial charge in [0.1, 0.15) is 12.4 Å². The van der Waals surface area contributed by atoms with Crippen molar-refractivity contribution in [2.75, 3.05) is 6.61 Å². The summed E-state index contributed by atoms with van der Waals surface area (Å²) in [6.07, 6.45) is 1.03. The van der Waals surface area contributed by atoms with Gasteiger partial charge in [0, 0.05) is 13.2 Å². The molecule has 1 aromatic rings. The summed E-state index contributed by atoms with van der Waals surface area (Å²) in [5.74, 6) is 1.87. The predicted molar refractivity (Wildman–Crippen MR) is 58.3 cm³/mol. The predicted octanol–water partition coefficient (Wildman–Crippen LogP) is 2.12. The van der Waals surface area contributed by atoms with E-state index in [2.05, 4.69) is 44.5 Å². The normalized spacial score (nSPS) is 10.8. The molecule has 0 aliphatic rings. The Morgan fingerprint density at radius 3 is 2.57 bits per heavy atom. The number of halogens is 1. The van der Waals surface area contributed by atoms with Crippen LogP contribution in [0, 0.1) is 0 Å². The van der Waals surface area contributed by atoms with E-state index in [9.17, 15) is 0 Å². The van der Waals surface area contributed by atoms with Crippen molar-refractivity contribution in [3.63, 3.8) is 0 Å². The monoisotopic (exact) mass is 261 g/mol. The molecule has 0 spiro atoms. The van der Waals surface area contributed by atoms with Gasteiger partial charge < -0.3 is 9.30 Å². The SMILES string of the molecule is CCCOCc1nnc(CBr)n1CC. The molecular formula is C9H16BrN3O. The number of ether oxygens (including phenoxy) is 1. The zero-order valence-corrected chi connectivity index (χ0v) is 10.2. The second-order valence-corrected chi connectivity index (χ2v) is 3.52. The molecule has 0 N–H and O–H groups in total. The summed E-state index contributed by atoms with van der Waals surface area (Å²) >= 11 is 3.38. The van der Waals surface area contributed by atoms with Crippen molar-refractivity contribution >= 4 is 15.9 Å². The summed E-state index contributed by atoms with van der Waals surface area (Å²) in [6, 6.07) is 0. The van der Waals surface area contributed by atoms with E-state index in [0.29, 0.717) is 6.61 Å². The third-order valence-electron chi connectivity index (χ3n) is 1.92. The van der Waals surface area contributed by atoms with Crippen LogP contribution in [-0.4, -0.2) is 21.4 Å². The van der Waals surface area contributed by atoms with Crippen molar-refractivity contribution in [1.29, 1.82) is 0 Å². The molecule has 5 heteroatoms. The molecule has 0 fully saturated rings. The zero-order chi connectivity index (χ0) is 10.4. The Bertz CT molecular complexity index is 275. The van der Waals surface area contributed by atoms with Crippen molar-refractivity contribution in [3.8, 4) is 0 Å². The van der Waals surface area contributed by atoms with Gasteiger partial charge in [0.25, 0.3) is 0 Å². The second kappa shape index (κ2) is 6.14. The molecule has 0 aromatic carbocycles. The van der Waals surface area contributed by atoms with Crippen LogP contribution in [0.15, 0.2) is 0 Å². The Hall–Kier alpha value is -0.420. The van der Waals surface area contributed by atoms with Gasteiger partial charge in [-0.25, -0.2) is 0 Å². The summed E-state index contributed by atoms with van der Waals surface area (Å²) in [5.41, 5.74) is 0. The highest BCUT2D eigenvalue weighted by atomic mass is 79.9. The minimum atomic E-state index is 0.557. The number of aromatic nitrogens is 3. The average Bonchev–Trinajstić information content (AvgIpc) is 2.60. The minimum Gasteiger partial charge on any atom is -0.373 e. The highest BCUT2D eigenvalue weighted by Gasteiger charge is 2.08. The van der Waals surface area contributed by atoms with Crippen LogP contribution >= 0.6 is 15.9 Å². The molecule has 0 aliphatic heterocycles. The topological polar surface area (TPSA) is 39.9 Å². The fourth-order valence-corrected chi connectivity index (χ4v) is 1.67. The number of hydrogen-bond acceptors (Lipinski definition) is 3. The van der Waals surface area contributed by atoms with Gasteiger partial charge in [-0.3, -0.25) is 0 Å². The van der Waals surface area contributed by atoms with Crippen LogP contribution in [-0.2, 0) is 23.2 Å². The van der Waals surface area contributed by atoms with Crippen LogP contribution < -0.4 is 0 Å². The molecule has 0 saturated carbocycles. The van der Waals surface area contributed by atoms with E-state index in [1.54, 1.807) is 0 Å². The molecular weight excluding hydrogens is 246 g/mol. The van der Waals surface area contributed by atoms with E-state index in [4.69, 9.17) is 4.74 Å². The van der Waals surface area contributed by atoms with Crippen molar-refractivity contribution in [1.82, 2.24) is 14.8 Å². The summed E-state index contributed by atoms with van der Waals surface area (Å²) in [4.78, 5) is 0. The third-order valence-corrected chi connectivity index (χ3v) is 2.42. The summed E-state index contributed by atoms with van der Waals surface area (Å²) in [5, 5.41) is 8.90. The van der Waals surface area contributed by atoms with E-state index in [0.717, 1.165) is 36.6 Å². The molecule has 0 unspecified atom stereocenters. The van der Waals surface area contributed by atoms with Crippen molar-refractivity contribution < 1.29 is 4.74 Å². The van der Waals surface area contributed by atoms with Gasteiger partial charge in [-0.1, -0.05) is 22.9 Å². The van der Waals surface area contributed by atoms with Crippen LogP contribution in [0.25, 0.3) is 0 Å². The smallest absolute Gasteiger partial charge is 0.159 e. The van der Waals surface area contributed by atoms with Gasteiger partial charge in [-0.15, -0.1) is 10.2 Å². The maximum atomic E-state index is 5.43. The number of rotatable bonds is 6. The van der Waals surface area contributed by atoms with Gasteiger partial charge in [0.05, 0.1) is 5.33 Å². The standard InChI is InChI=1S/C9H16BrN3O/c1-3-5-14-7-9-12-11-8(6-10)13(9)4-2/h3-7H2,1-2H3. The van der Waals surface area contributed by atoms with E-state index in [1.807, 2.05) is 0 Å². The van der Waals surface area contributed by atoms with Crippen LogP contribution in [0.5, 0.6) is 0 Å². The molecule has 0 amide bonds. The molecule has 80 valence electrons. The average molecular weight is 262 g/mol. The Balaban J connectivity index is 2.61. The molecule has 0 bridgehead atoms. The second-order valence-electron chi connectivity index (χ2n) is 2.96. The van der Waals surface area contributed by atoms with Crippen LogP contribution in [0.3, 0.4) is 0 Å². The lowest BCUT2D eigenvalue weighted by atomic mass is 10.5. The van der Waals surface area contributed by atoms with Crippen molar-refractivity contribution in [2.45, 2.75) is 38.8 Å². The van der Waals surface area contributed by atoms with E-state index in [1.165, 1.54) is 0 Å². The third kappa shape index (κ3) is 2.78. The lowest BCUT2D eigenvalue weighted by molar-refractivity contribution is 0.113. The number of hydrogen-bond donors (Lipinski definition) is 0. The molecule has 0 radical (unpaired) electrons. The van der Waals surface area contributed by atoms with Gasteiger partial charge in [-0.2, -0.15) is 0 Å². The summed E-state index contributed by atoms with van der Waals surface area (Å²) in [6.45, 7) is 6.40. The molecule has 0 aliphatic carbocycles. The van der Waals surface area contributed by atoms with Crippen LogP contribution in [0.1, 0.15) is 31.9 Å². The number of nitrogens with zero attached hydrogens (tertiary/aromatic N) is 3. The maximum Gasteiger partial charge on any atom is 0.159 e. The Labute approximate surface area is 92.8 Å². The highest BCUT2D eigenvalue weighted by Crippen LogP contribution is 2.07. The Morgan fingerprint density at radius 2 is 2.00 bits per heavy atom. The first kappa shape index (κ1) is 11.7. The van der Waals surface area contributed by atoms with Gasteiger partial charge in [0.15, 0.2) is 5.82 Å². The van der Waals surface area contributed by atoms with Gasteiger partial charge >= 0.3 is 0 Å². The molecule has 14 heavy (non-hydrogen) atoms. The van der Waals surface area contributed by atoms with E-state index < -0.39 is 0 Å². The molecule has 0 atom stereocenters. The fraction of sp³-hybridized carbons (Fsp3) is 0.778. The fourth-order valence-electron chi connectivity index (χ4n) is 1.25. The van der Waals surface area contributed by atoms with Gasteiger partial charge in [-0.05, 0) is 13.3 Å². The first-order chi connectivity index (χ1) is 6.83. The zero-order valence-electron chi connectivity index (χ0n) is 8.66. The summed E-state index contributed by atoms with van der Waals surface area (Å²) < 4.78 is 7.50. The maximum absolute atomic E-state index is 5.43. The lowest BCUT2D eigenvalue weighted by Crippen LogP contribution is -2.07. The Kier molecular flexibility index (Phi) is 5.11. The minimum absolute atomic E-state index is 0.557. The first-order valence-electron chi connectivity index (χ1n) is 4.88. The van der Waals surface area contributed by atoms with Crippen LogP contribution in [0.2, 0.25) is 0 Å². The van der Waals surface area contributed by atoms with Gasteiger partial charge in [0.2, 0.25) is 0 Å². The van der Waals surface area contributed by atoms with E-state index >= 15 is 0 Å². The highest BCUT2D eigenvalue weighted by molar-refractivity contribution is 9.08. The van der Waals surface area contributed by atoms with Crippen molar-refractivity contribution in [3.05, 3.63) is 11.6 Å². The first-order valence-corrected chi connectivity index (χ1v) is 6.00. The molecule has 1 heterocycles. The quantitative estimate of drug-likeness (QED) is 0.582. The largest absolute Gasteiger partial charge is 0.373 e. The van der Waals surface area contributed by atoms with Crippen LogP contribution in [0.4, 0.5) is 0 Å².